The number of unbranched alkanes of at least 4 members (excludes halogenated alkanes) is 1. The number of ether oxygens (including phenoxy) is 1. The first-order valence-corrected chi connectivity index (χ1v) is 9.87. The molecule has 2 N–H and O–H groups in total. The molecule has 0 radical (unpaired) electrons. The Labute approximate surface area is 169 Å². The van der Waals surface area contributed by atoms with Gasteiger partial charge in [0, 0.05) is 17.0 Å². The van der Waals surface area contributed by atoms with Gasteiger partial charge in [-0.15, -0.1) is 0 Å². The number of nitrogens with zero attached hydrogens (tertiary/aromatic N) is 2. The number of aromatic nitrogens is 2. The van der Waals surface area contributed by atoms with Crippen molar-refractivity contribution in [1.29, 1.82) is 0 Å². The summed E-state index contributed by atoms with van der Waals surface area (Å²) in [5.41, 5.74) is 9.27. The lowest BCUT2D eigenvalue weighted by Gasteiger charge is -2.12. The van der Waals surface area contributed by atoms with Crippen LogP contribution in [0.15, 0.2) is 48.5 Å². The number of hydrogen-bond donors (Lipinski definition) is 1. The maximum atomic E-state index is 6.46. The van der Waals surface area contributed by atoms with E-state index in [2.05, 4.69) is 6.92 Å². The van der Waals surface area contributed by atoms with Crippen LogP contribution in [0, 0.1) is 0 Å². The van der Waals surface area contributed by atoms with E-state index in [1.54, 1.807) is 0 Å². The van der Waals surface area contributed by atoms with Gasteiger partial charge >= 0.3 is 0 Å². The average molecular weight is 404 g/mol. The van der Waals surface area contributed by atoms with Gasteiger partial charge in [0.2, 0.25) is 0 Å². The minimum atomic E-state index is 0.490. The Hall–Kier alpha value is -2.01. The van der Waals surface area contributed by atoms with Crippen LogP contribution in [-0.2, 0) is 6.42 Å². The summed E-state index contributed by atoms with van der Waals surface area (Å²) in [6.45, 7) is 3.25. The number of para-hydroxylation sites is 1. The third-order valence-electron chi connectivity index (χ3n) is 4.23. The van der Waals surface area contributed by atoms with Crippen molar-refractivity contribution in [3.8, 4) is 22.7 Å². The molecule has 0 saturated carbocycles. The maximum Gasteiger partial charge on any atom is 0.168 e. The molecule has 0 unspecified atom stereocenters. The topological polar surface area (TPSA) is 53.1 Å². The Bertz CT molecular complexity index is 891. The summed E-state index contributed by atoms with van der Waals surface area (Å²) >= 11 is 12.5. The zero-order valence-corrected chi connectivity index (χ0v) is 16.8. The van der Waals surface area contributed by atoms with Crippen molar-refractivity contribution in [2.45, 2.75) is 26.2 Å². The molecule has 0 bridgehead atoms. The molecular weight excluding hydrogens is 381 g/mol. The highest BCUT2D eigenvalue weighted by molar-refractivity contribution is 6.32. The fraction of sp³-hybridized carbons (Fsp3) is 0.286. The van der Waals surface area contributed by atoms with Gasteiger partial charge in [-0.3, -0.25) is 0 Å². The van der Waals surface area contributed by atoms with Gasteiger partial charge in [0.05, 0.1) is 17.3 Å². The Morgan fingerprint density at radius 2 is 1.81 bits per heavy atom. The third-order valence-corrected chi connectivity index (χ3v) is 4.81. The lowest BCUT2D eigenvalue weighted by atomic mass is 10.1. The van der Waals surface area contributed by atoms with E-state index in [-0.39, 0.29) is 0 Å². The van der Waals surface area contributed by atoms with Gasteiger partial charge in [-0.25, -0.2) is 4.68 Å². The van der Waals surface area contributed by atoms with Crippen LogP contribution in [0.2, 0.25) is 10.0 Å². The zero-order valence-electron chi connectivity index (χ0n) is 15.3. The molecule has 0 aliphatic rings. The van der Waals surface area contributed by atoms with Gasteiger partial charge in [-0.2, -0.15) is 5.10 Å². The predicted molar refractivity (Wildman–Crippen MR) is 112 cm³/mol. The number of rotatable bonds is 8. The number of benzene rings is 2. The van der Waals surface area contributed by atoms with Crippen LogP contribution in [-0.4, -0.2) is 22.9 Å². The van der Waals surface area contributed by atoms with E-state index < -0.39 is 0 Å². The van der Waals surface area contributed by atoms with Gasteiger partial charge in [-0.1, -0.05) is 60.8 Å². The van der Waals surface area contributed by atoms with E-state index in [9.17, 15) is 0 Å². The summed E-state index contributed by atoms with van der Waals surface area (Å²) in [6.07, 6.45) is 2.65. The lowest BCUT2D eigenvalue weighted by Crippen LogP contribution is -2.06. The van der Waals surface area contributed by atoms with E-state index in [0.717, 1.165) is 41.2 Å². The number of hydrogen-bond acceptors (Lipinski definition) is 3. The standard InChI is InChI=1S/C21H23Cl2N3O/c1-2-3-14-27-21-18(12-13-24)25-26(19-7-5-4-6-17(19)23)20(21)15-8-10-16(22)11-9-15/h4-11H,2-3,12-14,24H2,1H3. The van der Waals surface area contributed by atoms with Gasteiger partial charge in [0.15, 0.2) is 5.75 Å². The first-order chi connectivity index (χ1) is 13.2. The highest BCUT2D eigenvalue weighted by atomic mass is 35.5. The fourth-order valence-electron chi connectivity index (χ4n) is 2.88. The van der Waals surface area contributed by atoms with Crippen molar-refractivity contribution in [2.75, 3.05) is 13.2 Å². The Balaban J connectivity index is 2.20. The summed E-state index contributed by atoms with van der Waals surface area (Å²) in [4.78, 5) is 0. The highest BCUT2D eigenvalue weighted by Gasteiger charge is 2.22. The minimum Gasteiger partial charge on any atom is -0.489 e. The maximum absolute atomic E-state index is 6.46. The molecule has 1 aromatic heterocycles. The van der Waals surface area contributed by atoms with Crippen LogP contribution in [0.1, 0.15) is 25.5 Å². The molecule has 0 spiro atoms. The molecule has 0 aliphatic heterocycles. The van der Waals surface area contributed by atoms with Crippen molar-refractivity contribution in [3.05, 3.63) is 64.3 Å². The zero-order chi connectivity index (χ0) is 19.2. The number of halogens is 2. The summed E-state index contributed by atoms with van der Waals surface area (Å²) in [5.74, 6) is 0.760. The van der Waals surface area contributed by atoms with Gasteiger partial charge in [0.25, 0.3) is 0 Å². The second-order valence-corrected chi connectivity index (χ2v) is 7.08. The molecule has 0 saturated heterocycles. The Morgan fingerprint density at radius 3 is 2.48 bits per heavy atom. The average Bonchev–Trinajstić information content (AvgIpc) is 3.01. The molecule has 0 aliphatic carbocycles. The second kappa shape index (κ2) is 9.27. The summed E-state index contributed by atoms with van der Waals surface area (Å²) in [6, 6.07) is 15.3. The van der Waals surface area contributed by atoms with Crippen LogP contribution in [0.5, 0.6) is 5.75 Å². The van der Waals surface area contributed by atoms with Crippen LogP contribution < -0.4 is 10.5 Å². The van der Waals surface area contributed by atoms with Gasteiger partial charge < -0.3 is 10.5 Å². The molecule has 0 fully saturated rings. The van der Waals surface area contributed by atoms with Gasteiger partial charge in [-0.05, 0) is 37.2 Å². The minimum absolute atomic E-state index is 0.490. The molecule has 1 heterocycles. The molecule has 3 aromatic rings. The quantitative estimate of drug-likeness (QED) is 0.503. The summed E-state index contributed by atoms with van der Waals surface area (Å²) in [7, 11) is 0. The Morgan fingerprint density at radius 1 is 1.07 bits per heavy atom. The first kappa shape index (κ1) is 19.7. The van der Waals surface area contributed by atoms with Gasteiger partial charge in [0.1, 0.15) is 11.4 Å². The van der Waals surface area contributed by atoms with E-state index in [4.69, 9.17) is 38.8 Å². The van der Waals surface area contributed by atoms with E-state index in [1.807, 2.05) is 53.2 Å². The molecule has 2 aromatic carbocycles. The lowest BCUT2D eigenvalue weighted by molar-refractivity contribution is 0.307. The molecule has 0 atom stereocenters. The predicted octanol–water partition coefficient (Wildman–Crippen LogP) is 5.53. The molecular formula is C21H23Cl2N3O. The molecule has 0 amide bonds. The van der Waals surface area contributed by atoms with E-state index in [0.29, 0.717) is 29.6 Å². The molecule has 3 rings (SSSR count). The summed E-state index contributed by atoms with van der Waals surface area (Å²) in [5, 5.41) is 6.10. The first-order valence-electron chi connectivity index (χ1n) is 9.11. The largest absolute Gasteiger partial charge is 0.489 e. The highest BCUT2D eigenvalue weighted by Crippen LogP contribution is 2.37. The third kappa shape index (κ3) is 4.46. The van der Waals surface area contributed by atoms with Crippen LogP contribution in [0.3, 0.4) is 0 Å². The summed E-state index contributed by atoms with van der Waals surface area (Å²) < 4.78 is 8.02. The number of nitrogens with two attached hydrogens (primary N) is 1. The molecule has 4 nitrogen and oxygen atoms in total. The van der Waals surface area contributed by atoms with Crippen molar-refractivity contribution in [2.24, 2.45) is 5.73 Å². The second-order valence-electron chi connectivity index (χ2n) is 6.24. The van der Waals surface area contributed by atoms with Crippen molar-refractivity contribution < 1.29 is 4.74 Å². The van der Waals surface area contributed by atoms with E-state index >= 15 is 0 Å². The SMILES string of the molecule is CCCCOc1c(CCN)nn(-c2ccccc2Cl)c1-c1ccc(Cl)cc1. The monoisotopic (exact) mass is 403 g/mol. The van der Waals surface area contributed by atoms with Crippen molar-refractivity contribution >= 4 is 23.2 Å². The van der Waals surface area contributed by atoms with E-state index in [1.165, 1.54) is 0 Å². The molecule has 142 valence electrons. The normalized spacial score (nSPS) is 11.0. The van der Waals surface area contributed by atoms with Crippen molar-refractivity contribution in [3.63, 3.8) is 0 Å². The van der Waals surface area contributed by atoms with Crippen molar-refractivity contribution in [1.82, 2.24) is 9.78 Å². The van der Waals surface area contributed by atoms with Crippen LogP contribution in [0.25, 0.3) is 16.9 Å². The Kier molecular flexibility index (Phi) is 6.78. The van der Waals surface area contributed by atoms with Crippen LogP contribution in [0.4, 0.5) is 0 Å². The smallest absolute Gasteiger partial charge is 0.168 e. The molecule has 6 heteroatoms. The molecule has 27 heavy (non-hydrogen) atoms. The van der Waals surface area contributed by atoms with Crippen LogP contribution >= 0.6 is 23.2 Å². The fourth-order valence-corrected chi connectivity index (χ4v) is 3.22.